The van der Waals surface area contributed by atoms with Gasteiger partial charge in [-0.1, -0.05) is 37.3 Å². The van der Waals surface area contributed by atoms with Crippen LogP contribution in [0.5, 0.6) is 11.5 Å². The highest BCUT2D eigenvalue weighted by atomic mass is 16.5. The number of amides is 1. The first-order chi connectivity index (χ1) is 14.2. The van der Waals surface area contributed by atoms with Crippen molar-refractivity contribution in [1.82, 2.24) is 15.1 Å². The molecule has 2 aromatic carbocycles. The SMILES string of the molecule is CC1CCN(C(=O)c2ccc(Nc3ccccc3Oc3ccccc3)nn2)CC1. The molecule has 0 unspecified atom stereocenters. The molecule has 29 heavy (non-hydrogen) atoms. The molecular formula is C23H24N4O2. The molecule has 1 saturated heterocycles. The van der Waals surface area contributed by atoms with E-state index in [2.05, 4.69) is 22.4 Å². The lowest BCUT2D eigenvalue weighted by atomic mass is 9.99. The summed E-state index contributed by atoms with van der Waals surface area (Å²) in [6.07, 6.45) is 2.08. The van der Waals surface area contributed by atoms with Crippen LogP contribution >= 0.6 is 0 Å². The zero-order valence-corrected chi connectivity index (χ0v) is 16.4. The van der Waals surface area contributed by atoms with Gasteiger partial charge in [0, 0.05) is 13.1 Å². The lowest BCUT2D eigenvalue weighted by molar-refractivity contribution is 0.0690. The van der Waals surface area contributed by atoms with Crippen LogP contribution in [0.15, 0.2) is 66.7 Å². The quantitative estimate of drug-likeness (QED) is 0.674. The Kier molecular flexibility index (Phi) is 5.70. The number of aromatic nitrogens is 2. The van der Waals surface area contributed by atoms with Gasteiger partial charge in [0.15, 0.2) is 17.3 Å². The second-order valence-electron chi connectivity index (χ2n) is 7.31. The number of hydrogen-bond donors (Lipinski definition) is 1. The molecule has 0 radical (unpaired) electrons. The van der Waals surface area contributed by atoms with Gasteiger partial charge in [0.05, 0.1) is 5.69 Å². The van der Waals surface area contributed by atoms with Gasteiger partial charge in [0.2, 0.25) is 0 Å². The third kappa shape index (κ3) is 4.71. The maximum atomic E-state index is 12.6. The fourth-order valence-electron chi connectivity index (χ4n) is 3.30. The molecule has 1 amide bonds. The number of ether oxygens (including phenoxy) is 1. The minimum atomic E-state index is -0.0521. The first-order valence-electron chi connectivity index (χ1n) is 9.91. The fourth-order valence-corrected chi connectivity index (χ4v) is 3.30. The topological polar surface area (TPSA) is 67.4 Å². The summed E-state index contributed by atoms with van der Waals surface area (Å²) < 4.78 is 5.96. The van der Waals surface area contributed by atoms with Crippen molar-refractivity contribution in [2.75, 3.05) is 18.4 Å². The summed E-state index contributed by atoms with van der Waals surface area (Å²) in [6, 6.07) is 20.7. The van der Waals surface area contributed by atoms with Crippen LogP contribution in [0.2, 0.25) is 0 Å². The zero-order valence-electron chi connectivity index (χ0n) is 16.4. The van der Waals surface area contributed by atoms with Crippen LogP contribution in [0.25, 0.3) is 0 Å². The Morgan fingerprint density at radius 3 is 2.41 bits per heavy atom. The fraction of sp³-hybridized carbons (Fsp3) is 0.261. The standard InChI is InChI=1S/C23H24N4O2/c1-17-13-15-27(16-14-17)23(28)20-11-12-22(26-25-20)24-19-9-5-6-10-21(19)29-18-7-3-2-4-8-18/h2-12,17H,13-16H2,1H3,(H,24,26). The van der Waals surface area contributed by atoms with Crippen LogP contribution in [-0.4, -0.2) is 34.1 Å². The summed E-state index contributed by atoms with van der Waals surface area (Å²) in [7, 11) is 0. The summed E-state index contributed by atoms with van der Waals surface area (Å²) in [5.41, 5.74) is 1.15. The molecule has 1 aliphatic heterocycles. The van der Waals surface area contributed by atoms with E-state index < -0.39 is 0 Å². The van der Waals surface area contributed by atoms with Crippen molar-refractivity contribution in [1.29, 1.82) is 0 Å². The molecule has 1 aliphatic rings. The number of anilines is 2. The Morgan fingerprint density at radius 1 is 0.966 bits per heavy atom. The average Bonchev–Trinajstić information content (AvgIpc) is 2.76. The van der Waals surface area contributed by atoms with Gasteiger partial charge in [-0.25, -0.2) is 0 Å². The molecular weight excluding hydrogens is 364 g/mol. The summed E-state index contributed by atoms with van der Waals surface area (Å²) in [5, 5.41) is 11.5. The molecule has 0 bridgehead atoms. The van der Waals surface area contributed by atoms with Crippen LogP contribution in [0.4, 0.5) is 11.5 Å². The second kappa shape index (κ2) is 8.73. The second-order valence-corrected chi connectivity index (χ2v) is 7.31. The van der Waals surface area contributed by atoms with Gasteiger partial charge in [-0.2, -0.15) is 0 Å². The van der Waals surface area contributed by atoms with E-state index in [1.165, 1.54) is 0 Å². The predicted octanol–water partition coefficient (Wildman–Crippen LogP) is 4.88. The summed E-state index contributed by atoms with van der Waals surface area (Å²) in [6.45, 7) is 3.79. The monoisotopic (exact) mass is 388 g/mol. The molecule has 0 atom stereocenters. The maximum absolute atomic E-state index is 12.6. The Morgan fingerprint density at radius 2 is 1.69 bits per heavy atom. The van der Waals surface area contributed by atoms with Crippen LogP contribution in [-0.2, 0) is 0 Å². The lowest BCUT2D eigenvalue weighted by Crippen LogP contribution is -2.38. The number of hydrogen-bond acceptors (Lipinski definition) is 5. The number of likely N-dealkylation sites (tertiary alicyclic amines) is 1. The largest absolute Gasteiger partial charge is 0.455 e. The average molecular weight is 388 g/mol. The minimum Gasteiger partial charge on any atom is -0.455 e. The molecule has 1 N–H and O–H groups in total. The summed E-state index contributed by atoms with van der Waals surface area (Å²) in [4.78, 5) is 14.5. The van der Waals surface area contributed by atoms with E-state index in [9.17, 15) is 4.79 Å². The number of carbonyl (C=O) groups excluding carboxylic acids is 1. The maximum Gasteiger partial charge on any atom is 0.274 e. The predicted molar refractivity (Wildman–Crippen MR) is 113 cm³/mol. The van der Waals surface area contributed by atoms with Crippen molar-refractivity contribution in [3.63, 3.8) is 0 Å². The van der Waals surface area contributed by atoms with Crippen LogP contribution in [0.3, 0.4) is 0 Å². The zero-order chi connectivity index (χ0) is 20.1. The Hall–Kier alpha value is -3.41. The van der Waals surface area contributed by atoms with Crippen molar-refractivity contribution >= 4 is 17.4 Å². The molecule has 1 fully saturated rings. The molecule has 0 saturated carbocycles. The molecule has 6 nitrogen and oxygen atoms in total. The first kappa shape index (κ1) is 18.9. The normalized spacial score (nSPS) is 14.4. The van der Waals surface area contributed by atoms with Crippen molar-refractivity contribution in [3.05, 3.63) is 72.4 Å². The van der Waals surface area contributed by atoms with Crippen molar-refractivity contribution in [3.8, 4) is 11.5 Å². The van der Waals surface area contributed by atoms with E-state index in [1.807, 2.05) is 59.5 Å². The highest BCUT2D eigenvalue weighted by molar-refractivity contribution is 5.92. The van der Waals surface area contributed by atoms with Crippen molar-refractivity contribution in [2.45, 2.75) is 19.8 Å². The molecule has 148 valence electrons. The third-order valence-electron chi connectivity index (χ3n) is 5.08. The van der Waals surface area contributed by atoms with Gasteiger partial charge in [-0.3, -0.25) is 4.79 Å². The van der Waals surface area contributed by atoms with Gasteiger partial charge in [0.1, 0.15) is 5.75 Å². The van der Waals surface area contributed by atoms with Crippen LogP contribution < -0.4 is 10.1 Å². The number of rotatable bonds is 5. The number of para-hydroxylation sites is 3. The Balaban J connectivity index is 1.45. The van der Waals surface area contributed by atoms with Gasteiger partial charge >= 0.3 is 0 Å². The number of carbonyl (C=O) groups is 1. The third-order valence-corrected chi connectivity index (χ3v) is 5.08. The molecule has 1 aromatic heterocycles. The number of piperidine rings is 1. The van der Waals surface area contributed by atoms with E-state index in [0.29, 0.717) is 23.2 Å². The van der Waals surface area contributed by atoms with Gasteiger partial charge in [0.25, 0.3) is 5.91 Å². The Labute approximate surface area is 170 Å². The van der Waals surface area contributed by atoms with Gasteiger partial charge in [-0.05, 0) is 55.2 Å². The molecule has 3 aromatic rings. The van der Waals surface area contributed by atoms with Gasteiger partial charge in [-0.15, -0.1) is 10.2 Å². The number of nitrogens with one attached hydrogen (secondary N) is 1. The molecule has 2 heterocycles. The van der Waals surface area contributed by atoms with E-state index in [0.717, 1.165) is 37.4 Å². The summed E-state index contributed by atoms with van der Waals surface area (Å²) >= 11 is 0. The first-order valence-corrected chi connectivity index (χ1v) is 9.91. The highest BCUT2D eigenvalue weighted by Crippen LogP contribution is 2.30. The number of benzene rings is 2. The molecule has 0 aliphatic carbocycles. The van der Waals surface area contributed by atoms with E-state index in [-0.39, 0.29) is 5.91 Å². The van der Waals surface area contributed by atoms with E-state index >= 15 is 0 Å². The van der Waals surface area contributed by atoms with Crippen molar-refractivity contribution < 1.29 is 9.53 Å². The van der Waals surface area contributed by atoms with Crippen LogP contribution in [0.1, 0.15) is 30.3 Å². The highest BCUT2D eigenvalue weighted by Gasteiger charge is 2.22. The van der Waals surface area contributed by atoms with E-state index in [1.54, 1.807) is 12.1 Å². The molecule has 6 heteroatoms. The minimum absolute atomic E-state index is 0.0521. The number of nitrogens with zero attached hydrogens (tertiary/aromatic N) is 3. The van der Waals surface area contributed by atoms with E-state index in [4.69, 9.17) is 4.74 Å². The van der Waals surface area contributed by atoms with Gasteiger partial charge < -0.3 is 15.0 Å². The molecule has 0 spiro atoms. The lowest BCUT2D eigenvalue weighted by Gasteiger charge is -2.29. The Bertz CT molecular complexity index is 952. The smallest absolute Gasteiger partial charge is 0.274 e. The van der Waals surface area contributed by atoms with Crippen LogP contribution in [0, 0.1) is 5.92 Å². The molecule has 4 rings (SSSR count). The van der Waals surface area contributed by atoms with Crippen molar-refractivity contribution in [2.24, 2.45) is 5.92 Å². The summed E-state index contributed by atoms with van der Waals surface area (Å²) in [5.74, 6) is 2.62.